The van der Waals surface area contributed by atoms with Gasteiger partial charge >= 0.3 is 0 Å². The lowest BCUT2D eigenvalue weighted by Gasteiger charge is -2.22. The molecule has 2 rings (SSSR count). The third-order valence-electron chi connectivity index (χ3n) is 4.90. The Morgan fingerprint density at radius 3 is 2.42 bits per heavy atom. The number of aryl methyl sites for hydroxylation is 1. The molecule has 0 atom stereocenters. The van der Waals surface area contributed by atoms with Gasteiger partial charge in [0.2, 0.25) is 15.9 Å². The number of carbonyl (C=O) groups excluding carboxylic acids is 1. The zero-order chi connectivity index (χ0) is 18.8. The summed E-state index contributed by atoms with van der Waals surface area (Å²) in [6, 6.07) is 6.95. The Kier molecular flexibility index (Phi) is 8.59. The number of carbonyl (C=O) groups is 1. The van der Waals surface area contributed by atoms with Crippen molar-refractivity contribution in [1.29, 1.82) is 0 Å². The van der Waals surface area contributed by atoms with Gasteiger partial charge in [-0.15, -0.1) is 0 Å². The van der Waals surface area contributed by atoms with Crippen molar-refractivity contribution in [3.8, 4) is 0 Å². The van der Waals surface area contributed by atoms with Crippen LogP contribution in [0.15, 0.2) is 29.2 Å². The predicted molar refractivity (Wildman–Crippen MR) is 104 cm³/mol. The molecule has 2 N–H and O–H groups in total. The Labute approximate surface area is 158 Å². The first kappa shape index (κ1) is 20.9. The summed E-state index contributed by atoms with van der Waals surface area (Å²) < 4.78 is 27.8. The average molecular weight is 381 g/mol. The van der Waals surface area contributed by atoms with Gasteiger partial charge in [-0.3, -0.25) is 4.79 Å². The zero-order valence-electron chi connectivity index (χ0n) is 15.8. The second-order valence-corrected chi connectivity index (χ2v) is 8.87. The van der Waals surface area contributed by atoms with Crippen molar-refractivity contribution in [2.75, 3.05) is 6.54 Å². The molecule has 146 valence electrons. The Bertz CT molecular complexity index is 650. The molecule has 1 amide bonds. The predicted octanol–water partition coefficient (Wildman–Crippen LogP) is 3.54. The second-order valence-electron chi connectivity index (χ2n) is 7.16. The van der Waals surface area contributed by atoms with Crippen LogP contribution in [0.25, 0.3) is 0 Å². The van der Waals surface area contributed by atoms with E-state index >= 15 is 0 Å². The number of hydrogen-bond donors (Lipinski definition) is 2. The highest BCUT2D eigenvalue weighted by atomic mass is 32.2. The van der Waals surface area contributed by atoms with E-state index in [9.17, 15) is 13.2 Å². The van der Waals surface area contributed by atoms with Gasteiger partial charge in [0.1, 0.15) is 0 Å². The highest BCUT2D eigenvalue weighted by molar-refractivity contribution is 7.89. The lowest BCUT2D eigenvalue weighted by molar-refractivity contribution is -0.121. The van der Waals surface area contributed by atoms with Crippen molar-refractivity contribution >= 4 is 15.9 Å². The van der Waals surface area contributed by atoms with Gasteiger partial charge in [-0.1, -0.05) is 51.2 Å². The molecule has 0 aliphatic heterocycles. The lowest BCUT2D eigenvalue weighted by Crippen LogP contribution is -2.36. The van der Waals surface area contributed by atoms with E-state index in [4.69, 9.17) is 0 Å². The van der Waals surface area contributed by atoms with E-state index in [2.05, 4.69) is 17.0 Å². The largest absolute Gasteiger partial charge is 0.356 e. The topological polar surface area (TPSA) is 75.3 Å². The Hall–Kier alpha value is -1.40. The maximum absolute atomic E-state index is 12.5. The molecule has 1 aromatic rings. The van der Waals surface area contributed by atoms with E-state index in [1.54, 1.807) is 24.3 Å². The molecule has 1 saturated carbocycles. The molecule has 0 unspecified atom stereocenters. The van der Waals surface area contributed by atoms with Gasteiger partial charge in [-0.25, -0.2) is 13.1 Å². The molecule has 1 fully saturated rings. The molecule has 6 heteroatoms. The molecule has 0 aromatic heterocycles. The summed E-state index contributed by atoms with van der Waals surface area (Å²) in [5.41, 5.74) is 0.977. The van der Waals surface area contributed by atoms with Crippen molar-refractivity contribution in [3.05, 3.63) is 29.8 Å². The second kappa shape index (κ2) is 10.7. The van der Waals surface area contributed by atoms with Crippen LogP contribution < -0.4 is 10.0 Å². The minimum atomic E-state index is -3.45. The molecule has 0 radical (unpaired) electrons. The molecule has 1 aliphatic rings. The zero-order valence-corrected chi connectivity index (χ0v) is 16.6. The summed E-state index contributed by atoms with van der Waals surface area (Å²) in [6.07, 6.45) is 9.55. The van der Waals surface area contributed by atoms with Crippen molar-refractivity contribution in [2.45, 2.75) is 82.1 Å². The minimum absolute atomic E-state index is 0.0526. The van der Waals surface area contributed by atoms with Crippen LogP contribution >= 0.6 is 0 Å². The number of rotatable bonds is 10. The van der Waals surface area contributed by atoms with Crippen molar-refractivity contribution < 1.29 is 13.2 Å². The number of hydrogen-bond acceptors (Lipinski definition) is 3. The third kappa shape index (κ3) is 7.08. The minimum Gasteiger partial charge on any atom is -0.356 e. The number of benzene rings is 1. The van der Waals surface area contributed by atoms with Crippen molar-refractivity contribution in [2.24, 2.45) is 0 Å². The van der Waals surface area contributed by atoms with Gasteiger partial charge in [0, 0.05) is 19.0 Å². The smallest absolute Gasteiger partial charge is 0.240 e. The molecule has 1 aromatic carbocycles. The van der Waals surface area contributed by atoms with Crippen LogP contribution in [-0.2, 0) is 21.2 Å². The monoisotopic (exact) mass is 380 g/mol. The first-order chi connectivity index (χ1) is 12.5. The fraction of sp³-hybridized carbons (Fsp3) is 0.650. The van der Waals surface area contributed by atoms with Gasteiger partial charge < -0.3 is 5.32 Å². The van der Waals surface area contributed by atoms with E-state index in [0.29, 0.717) is 17.7 Å². The molecule has 0 saturated heterocycles. The van der Waals surface area contributed by atoms with Gasteiger partial charge in [-0.2, -0.15) is 0 Å². The SMILES string of the molecule is CCCCCNC(=O)CCc1ccc(S(=O)(=O)NC2CCCCC2)cc1. The van der Waals surface area contributed by atoms with Crippen molar-refractivity contribution in [1.82, 2.24) is 10.0 Å². The van der Waals surface area contributed by atoms with E-state index in [1.807, 2.05) is 0 Å². The van der Waals surface area contributed by atoms with E-state index in [0.717, 1.165) is 57.1 Å². The number of unbranched alkanes of at least 4 members (excludes halogenated alkanes) is 2. The fourth-order valence-electron chi connectivity index (χ4n) is 3.29. The summed E-state index contributed by atoms with van der Waals surface area (Å²) >= 11 is 0. The average Bonchev–Trinajstić information content (AvgIpc) is 2.64. The van der Waals surface area contributed by atoms with Gasteiger partial charge in [-0.05, 0) is 43.4 Å². The molecular weight excluding hydrogens is 348 g/mol. The van der Waals surface area contributed by atoms with Gasteiger partial charge in [0.05, 0.1) is 4.90 Å². The highest BCUT2D eigenvalue weighted by Crippen LogP contribution is 2.20. The normalized spacial score (nSPS) is 15.7. The Morgan fingerprint density at radius 2 is 1.77 bits per heavy atom. The fourth-order valence-corrected chi connectivity index (χ4v) is 4.60. The maximum Gasteiger partial charge on any atom is 0.240 e. The number of nitrogens with one attached hydrogen (secondary N) is 2. The van der Waals surface area contributed by atoms with Crippen LogP contribution in [0.4, 0.5) is 0 Å². The van der Waals surface area contributed by atoms with Gasteiger partial charge in [0.25, 0.3) is 0 Å². The number of sulfonamides is 1. The van der Waals surface area contributed by atoms with Crippen LogP contribution in [0, 0.1) is 0 Å². The summed E-state index contributed by atoms with van der Waals surface area (Å²) in [6.45, 7) is 2.87. The summed E-state index contributed by atoms with van der Waals surface area (Å²) in [5, 5.41) is 2.92. The molecule has 5 nitrogen and oxygen atoms in total. The van der Waals surface area contributed by atoms with Crippen LogP contribution in [0.5, 0.6) is 0 Å². The lowest BCUT2D eigenvalue weighted by atomic mass is 9.96. The van der Waals surface area contributed by atoms with E-state index in [1.165, 1.54) is 6.42 Å². The molecule has 0 spiro atoms. The summed E-state index contributed by atoms with van der Waals surface area (Å²) in [7, 11) is -3.45. The van der Waals surface area contributed by atoms with E-state index in [-0.39, 0.29) is 11.9 Å². The first-order valence-electron chi connectivity index (χ1n) is 9.89. The van der Waals surface area contributed by atoms with Gasteiger partial charge in [0.15, 0.2) is 0 Å². The molecular formula is C20H32N2O3S. The standard InChI is InChI=1S/C20H32N2O3S/c1-2-3-7-16-21-20(23)15-12-17-10-13-19(14-11-17)26(24,25)22-18-8-5-4-6-9-18/h10-11,13-14,18,22H,2-9,12,15-16H2,1H3,(H,21,23). The van der Waals surface area contributed by atoms with Crippen LogP contribution in [-0.4, -0.2) is 26.9 Å². The Morgan fingerprint density at radius 1 is 1.08 bits per heavy atom. The third-order valence-corrected chi connectivity index (χ3v) is 6.44. The molecule has 0 bridgehead atoms. The highest BCUT2D eigenvalue weighted by Gasteiger charge is 2.21. The van der Waals surface area contributed by atoms with Crippen LogP contribution in [0.1, 0.15) is 70.3 Å². The maximum atomic E-state index is 12.5. The number of amides is 1. The quantitative estimate of drug-likeness (QED) is 0.610. The Balaban J connectivity index is 1.80. The van der Waals surface area contributed by atoms with Crippen LogP contribution in [0.3, 0.4) is 0 Å². The van der Waals surface area contributed by atoms with Crippen LogP contribution in [0.2, 0.25) is 0 Å². The summed E-state index contributed by atoms with van der Waals surface area (Å²) in [4.78, 5) is 12.1. The van der Waals surface area contributed by atoms with E-state index < -0.39 is 10.0 Å². The first-order valence-corrected chi connectivity index (χ1v) is 11.4. The molecule has 26 heavy (non-hydrogen) atoms. The molecule has 1 aliphatic carbocycles. The molecule has 0 heterocycles. The van der Waals surface area contributed by atoms with Crippen molar-refractivity contribution in [3.63, 3.8) is 0 Å². The summed E-state index contributed by atoms with van der Waals surface area (Å²) in [5.74, 6) is 0.0526.